The first-order valence-corrected chi connectivity index (χ1v) is 14.0. The molecule has 12 nitrogen and oxygen atoms in total. The molecule has 214 valence electrons. The highest BCUT2D eigenvalue weighted by Gasteiger charge is 2.49. The molecule has 0 radical (unpaired) electrons. The number of nitrogens with zero attached hydrogens (tertiary/aromatic N) is 9. The third-order valence-electron chi connectivity index (χ3n) is 7.67. The van der Waals surface area contributed by atoms with E-state index in [1.807, 2.05) is 6.20 Å². The maximum atomic E-state index is 14.5. The fraction of sp³-hybridized carbons (Fsp3) is 0.417. The predicted octanol–water partition coefficient (Wildman–Crippen LogP) is 2.55. The lowest BCUT2D eigenvalue weighted by Gasteiger charge is -2.53. The summed E-state index contributed by atoms with van der Waals surface area (Å²) in [6.45, 7) is 1.02. The molecule has 4 aromatic heterocycles. The van der Waals surface area contributed by atoms with Crippen molar-refractivity contribution in [2.24, 2.45) is 0 Å². The Hall–Kier alpha value is -4.01. The van der Waals surface area contributed by atoms with E-state index in [-0.39, 0.29) is 25.6 Å². The lowest BCUT2D eigenvalue weighted by Crippen LogP contribution is -2.66. The number of aromatic amines is 1. The van der Waals surface area contributed by atoms with Gasteiger partial charge in [0.1, 0.15) is 16.8 Å². The van der Waals surface area contributed by atoms with Crippen LogP contribution in [0.5, 0.6) is 0 Å². The summed E-state index contributed by atoms with van der Waals surface area (Å²) >= 11 is 0. The Morgan fingerprint density at radius 2 is 1.90 bits per heavy atom. The average Bonchev–Trinajstić information content (AvgIpc) is 3.60. The van der Waals surface area contributed by atoms with Crippen molar-refractivity contribution in [1.29, 1.82) is 5.26 Å². The number of likely N-dealkylation sites (tertiary alicyclic amines) is 1. The van der Waals surface area contributed by atoms with Crippen LogP contribution in [0.2, 0.25) is 0 Å². The van der Waals surface area contributed by atoms with Gasteiger partial charge in [0.2, 0.25) is 10.0 Å². The van der Waals surface area contributed by atoms with Gasteiger partial charge in [-0.2, -0.15) is 32.9 Å². The molecule has 6 rings (SSSR count). The van der Waals surface area contributed by atoms with Crippen LogP contribution in [0, 0.1) is 17.1 Å². The van der Waals surface area contributed by atoms with Crippen LogP contribution in [0.15, 0.2) is 42.1 Å². The first-order chi connectivity index (χ1) is 19.5. The Balaban J connectivity index is 1.14. The topological polar surface area (TPSA) is 150 Å². The van der Waals surface area contributed by atoms with Crippen molar-refractivity contribution in [2.45, 2.75) is 41.9 Å². The van der Waals surface area contributed by atoms with E-state index < -0.39 is 38.1 Å². The van der Waals surface area contributed by atoms with Gasteiger partial charge in [0.25, 0.3) is 0 Å². The fourth-order valence-corrected chi connectivity index (χ4v) is 7.09. The summed E-state index contributed by atoms with van der Waals surface area (Å²) in [4.78, 5) is 12.6. The largest absolute Gasteiger partial charge is 0.436 e. The fourth-order valence-electron chi connectivity index (χ4n) is 5.56. The van der Waals surface area contributed by atoms with Crippen molar-refractivity contribution >= 4 is 21.1 Å². The van der Waals surface area contributed by atoms with Gasteiger partial charge in [0.15, 0.2) is 17.2 Å². The number of fused-ring (bicyclic) bond motifs is 1. The molecule has 17 heteroatoms. The zero-order valence-electron chi connectivity index (χ0n) is 21.3. The van der Waals surface area contributed by atoms with Gasteiger partial charge in [-0.15, -0.1) is 0 Å². The first-order valence-electron chi connectivity index (χ1n) is 12.6. The minimum Gasteiger partial charge on any atom is -0.295 e. The normalized spacial score (nSPS) is 18.8. The molecule has 0 saturated carbocycles. The summed E-state index contributed by atoms with van der Waals surface area (Å²) in [5, 5.41) is 21.6. The van der Waals surface area contributed by atoms with E-state index in [9.17, 15) is 31.2 Å². The molecule has 4 aromatic rings. The molecule has 1 N–H and O–H groups in total. The van der Waals surface area contributed by atoms with E-state index in [1.165, 1.54) is 6.33 Å². The first kappa shape index (κ1) is 27.2. The molecule has 2 fully saturated rings. The molecule has 0 bridgehead atoms. The SMILES string of the molecule is N#CCC1(n2cc(-c3ncnc4[nH]ncc34)cn2)CN(C2CCN(S(=O)(=O)c3ccnc(C(F)(F)F)c3F)CC2)C1. The number of nitriles is 1. The van der Waals surface area contributed by atoms with Crippen molar-refractivity contribution < 1.29 is 26.0 Å². The van der Waals surface area contributed by atoms with Gasteiger partial charge in [-0.1, -0.05) is 0 Å². The number of alkyl halides is 3. The lowest BCUT2D eigenvalue weighted by atomic mass is 9.84. The zero-order valence-corrected chi connectivity index (χ0v) is 22.1. The molecule has 0 atom stereocenters. The summed E-state index contributed by atoms with van der Waals surface area (Å²) < 4.78 is 82.5. The van der Waals surface area contributed by atoms with Crippen molar-refractivity contribution in [3.63, 3.8) is 0 Å². The van der Waals surface area contributed by atoms with Gasteiger partial charge in [-0.05, 0) is 18.9 Å². The van der Waals surface area contributed by atoms with Crippen LogP contribution in [-0.2, 0) is 21.7 Å². The zero-order chi connectivity index (χ0) is 29.0. The van der Waals surface area contributed by atoms with Crippen LogP contribution >= 0.6 is 0 Å². The number of H-pyrrole nitrogens is 1. The van der Waals surface area contributed by atoms with Gasteiger partial charge in [-0.3, -0.25) is 14.7 Å². The second kappa shape index (κ2) is 9.82. The Labute approximate surface area is 230 Å². The molecule has 0 amide bonds. The maximum Gasteiger partial charge on any atom is 0.436 e. The predicted molar refractivity (Wildman–Crippen MR) is 134 cm³/mol. The number of piperidine rings is 1. The molecule has 2 aliphatic heterocycles. The summed E-state index contributed by atoms with van der Waals surface area (Å²) in [6, 6.07) is 2.96. The molecule has 2 saturated heterocycles. The van der Waals surface area contributed by atoms with Gasteiger partial charge in [-0.25, -0.2) is 27.8 Å². The Kier molecular flexibility index (Phi) is 6.51. The number of hydrogen-bond donors (Lipinski definition) is 1. The molecule has 0 spiro atoms. The quantitative estimate of drug-likeness (QED) is 0.334. The van der Waals surface area contributed by atoms with Crippen LogP contribution in [0.3, 0.4) is 0 Å². The molecule has 2 aliphatic rings. The Bertz CT molecular complexity index is 1750. The molecule has 0 aromatic carbocycles. The van der Waals surface area contributed by atoms with Gasteiger partial charge in [0, 0.05) is 50.2 Å². The average molecular weight is 591 g/mol. The number of pyridine rings is 1. The lowest BCUT2D eigenvalue weighted by molar-refractivity contribution is -0.144. The van der Waals surface area contributed by atoms with E-state index in [1.54, 1.807) is 17.1 Å². The second-order valence-corrected chi connectivity index (χ2v) is 12.0. The monoisotopic (exact) mass is 590 g/mol. The number of hydrogen-bond acceptors (Lipinski definition) is 9. The van der Waals surface area contributed by atoms with Crippen molar-refractivity contribution in [1.82, 2.24) is 44.1 Å². The van der Waals surface area contributed by atoms with Gasteiger partial charge in [0.05, 0.1) is 36.0 Å². The number of aromatic nitrogens is 7. The summed E-state index contributed by atoms with van der Waals surface area (Å²) in [6.07, 6.45) is 3.06. The third kappa shape index (κ3) is 4.61. The molecule has 0 unspecified atom stereocenters. The minimum absolute atomic E-state index is 0.0121. The number of rotatable bonds is 6. The summed E-state index contributed by atoms with van der Waals surface area (Å²) in [5.74, 6) is -1.90. The maximum absolute atomic E-state index is 14.5. The highest BCUT2D eigenvalue weighted by atomic mass is 32.2. The van der Waals surface area contributed by atoms with Crippen molar-refractivity contribution in [3.05, 3.63) is 48.7 Å². The molecule has 41 heavy (non-hydrogen) atoms. The Morgan fingerprint density at radius 3 is 2.61 bits per heavy atom. The molecular weight excluding hydrogens is 568 g/mol. The highest BCUT2D eigenvalue weighted by Crippen LogP contribution is 2.38. The molecule has 0 aliphatic carbocycles. The van der Waals surface area contributed by atoms with Crippen molar-refractivity contribution in [3.8, 4) is 17.3 Å². The van der Waals surface area contributed by atoms with E-state index in [0.717, 1.165) is 21.3 Å². The number of nitrogens with one attached hydrogen (secondary N) is 1. The van der Waals surface area contributed by atoms with E-state index in [0.29, 0.717) is 43.5 Å². The van der Waals surface area contributed by atoms with Crippen LogP contribution < -0.4 is 0 Å². The van der Waals surface area contributed by atoms with Crippen LogP contribution in [0.1, 0.15) is 25.0 Å². The van der Waals surface area contributed by atoms with E-state index in [4.69, 9.17) is 0 Å². The summed E-state index contributed by atoms with van der Waals surface area (Å²) in [7, 11) is -4.50. The van der Waals surface area contributed by atoms with Crippen LogP contribution in [0.4, 0.5) is 17.6 Å². The third-order valence-corrected chi connectivity index (χ3v) is 9.59. The van der Waals surface area contributed by atoms with Gasteiger partial charge >= 0.3 is 6.18 Å². The minimum atomic E-state index is -5.12. The molecular formula is C24H22F4N10O2S. The summed E-state index contributed by atoms with van der Waals surface area (Å²) in [5.41, 5.74) is -0.471. The van der Waals surface area contributed by atoms with E-state index >= 15 is 0 Å². The van der Waals surface area contributed by atoms with Crippen molar-refractivity contribution in [2.75, 3.05) is 26.2 Å². The molecule has 6 heterocycles. The number of sulfonamides is 1. The van der Waals surface area contributed by atoms with E-state index in [2.05, 4.69) is 41.2 Å². The second-order valence-electron chi connectivity index (χ2n) is 10.1. The smallest absolute Gasteiger partial charge is 0.295 e. The number of halogens is 4. The van der Waals surface area contributed by atoms with Gasteiger partial charge < -0.3 is 0 Å². The van der Waals surface area contributed by atoms with Crippen LogP contribution in [-0.4, -0.2) is 84.8 Å². The van der Waals surface area contributed by atoms with Crippen LogP contribution in [0.25, 0.3) is 22.3 Å². The Morgan fingerprint density at radius 1 is 1.15 bits per heavy atom. The standard InChI is InChI=1S/C24H22F4N10O2S/c25-19-18(1-6-30-21(19)24(26,27)28)41(39,40)37-7-2-16(3-8-37)36-12-23(13-36,4-5-29)38-11-15(9-34-38)20-17-10-33-35-22(17)32-14-31-20/h1,6,9-11,14,16H,2-4,7-8,12-13H2,(H,31,32,33,35). The highest BCUT2D eigenvalue weighted by molar-refractivity contribution is 7.89.